The second-order valence-corrected chi connectivity index (χ2v) is 9.05. The molecule has 0 aliphatic carbocycles. The van der Waals surface area contributed by atoms with Gasteiger partial charge in [0.2, 0.25) is 0 Å². The van der Waals surface area contributed by atoms with Gasteiger partial charge in [-0.05, 0) is 21.9 Å². The molecular formula is C34H26CuN8. The van der Waals surface area contributed by atoms with Crippen molar-refractivity contribution in [2.45, 2.75) is 13.8 Å². The first-order valence-corrected chi connectivity index (χ1v) is 13.5. The van der Waals surface area contributed by atoms with E-state index in [-0.39, 0.29) is 17.1 Å². The third-order valence-corrected chi connectivity index (χ3v) is 6.87. The van der Waals surface area contributed by atoms with Crippen LogP contribution in [-0.4, -0.2) is 29.9 Å². The van der Waals surface area contributed by atoms with Crippen LogP contribution in [0.25, 0.3) is 79.4 Å². The molecule has 43 heavy (non-hydrogen) atoms. The maximum absolute atomic E-state index is 4.90. The summed E-state index contributed by atoms with van der Waals surface area (Å²) in [6.07, 6.45) is 6.75. The molecule has 5 heterocycles. The first-order valence-electron chi connectivity index (χ1n) is 13.5. The zero-order valence-electron chi connectivity index (χ0n) is 23.6. The zero-order chi connectivity index (χ0) is 29.4. The Hall–Kier alpha value is -5.24. The fourth-order valence-corrected chi connectivity index (χ4v) is 5.00. The fourth-order valence-electron chi connectivity index (χ4n) is 5.00. The van der Waals surface area contributed by atoms with E-state index in [9.17, 15) is 0 Å². The topological polar surface area (TPSA) is 106 Å². The van der Waals surface area contributed by atoms with E-state index in [4.69, 9.17) is 39.9 Å². The molecule has 8 nitrogen and oxygen atoms in total. The van der Waals surface area contributed by atoms with E-state index in [1.54, 1.807) is 24.3 Å². The second-order valence-electron chi connectivity index (χ2n) is 9.05. The molecule has 0 unspecified atom stereocenters. The summed E-state index contributed by atoms with van der Waals surface area (Å²) in [5.74, 6) is 1.81. The minimum Gasteiger partial charge on any atom is -0.357 e. The van der Waals surface area contributed by atoms with Crippen LogP contribution >= 0.6 is 0 Å². The van der Waals surface area contributed by atoms with Crippen LogP contribution in [0.3, 0.4) is 0 Å². The maximum atomic E-state index is 4.90. The van der Waals surface area contributed by atoms with Crippen molar-refractivity contribution in [3.05, 3.63) is 110 Å². The van der Waals surface area contributed by atoms with Gasteiger partial charge in [-0.2, -0.15) is 0 Å². The SMILES string of the molecule is C=CC1=C(C=C)c2nc1nc1[n-]c(nc3nc(nc4[n-]c(n2)c2ccccc42)-c2ccccc2-3)c(C=C)c1C=C.CC.[Cu+2]. The summed E-state index contributed by atoms with van der Waals surface area (Å²) in [5, 5.41) is 1.69. The van der Waals surface area contributed by atoms with Gasteiger partial charge in [0.1, 0.15) is 0 Å². The van der Waals surface area contributed by atoms with Gasteiger partial charge in [-0.3, -0.25) is 0 Å². The fraction of sp³-hybridized carbons (Fsp3) is 0.0588. The van der Waals surface area contributed by atoms with Crippen LogP contribution in [0.5, 0.6) is 0 Å². The van der Waals surface area contributed by atoms with Crippen molar-refractivity contribution >= 4 is 56.7 Å². The molecule has 9 heteroatoms. The molecule has 0 amide bonds. The quantitative estimate of drug-likeness (QED) is 0.193. The Morgan fingerprint density at radius 3 is 1.33 bits per heavy atom. The van der Waals surface area contributed by atoms with Gasteiger partial charge in [-0.1, -0.05) is 113 Å². The normalized spacial score (nSPS) is 11.6. The summed E-state index contributed by atoms with van der Waals surface area (Å²) in [4.78, 5) is 38.6. The Morgan fingerprint density at radius 2 is 0.860 bits per heavy atom. The van der Waals surface area contributed by atoms with Crippen LogP contribution in [0.2, 0.25) is 0 Å². The van der Waals surface area contributed by atoms with Crippen molar-refractivity contribution < 1.29 is 17.1 Å². The molecule has 0 saturated heterocycles. The predicted octanol–water partition coefficient (Wildman–Crippen LogP) is 7.23. The molecule has 2 aliphatic heterocycles. The molecule has 8 bridgehead atoms. The van der Waals surface area contributed by atoms with Crippen molar-refractivity contribution in [1.29, 1.82) is 0 Å². The standard InChI is InChI=1S/C32H20N8.C2H6.Cu/c1-5-17-19(7-3)27-34-25(17)33-26-18(6-2)20(8-4)28(35-26)37-30-22-14-10-12-16-24(22)32(39-30)40-31-23-15-11-9-13-21(23)29(36-27)38-31;1-2;/h5-16H,1-4H2;1-2H3;/q-2;;+2. The monoisotopic (exact) mass is 609 g/mol. The maximum Gasteiger partial charge on any atom is 2.00 e. The van der Waals surface area contributed by atoms with Gasteiger partial charge in [-0.25, -0.2) is 9.97 Å². The molecule has 2 aromatic carbocycles. The second kappa shape index (κ2) is 11.9. The summed E-state index contributed by atoms with van der Waals surface area (Å²) < 4.78 is 0. The molecule has 5 aromatic rings. The smallest absolute Gasteiger partial charge is 0.357 e. The van der Waals surface area contributed by atoms with Crippen LogP contribution < -0.4 is 9.97 Å². The van der Waals surface area contributed by atoms with Gasteiger partial charge < -0.3 is 29.9 Å². The number of allylic oxidation sites excluding steroid dienone is 4. The van der Waals surface area contributed by atoms with E-state index in [0.717, 1.165) is 21.9 Å². The van der Waals surface area contributed by atoms with E-state index in [2.05, 4.69) is 26.3 Å². The number of nitrogens with zero attached hydrogens (tertiary/aromatic N) is 8. The summed E-state index contributed by atoms with van der Waals surface area (Å²) in [6.45, 7) is 19.9. The Kier molecular flexibility index (Phi) is 8.12. The molecule has 0 atom stereocenters. The Balaban J connectivity index is 0.00000120. The van der Waals surface area contributed by atoms with Crippen LogP contribution in [0.4, 0.5) is 0 Å². The molecule has 0 saturated carbocycles. The summed E-state index contributed by atoms with van der Waals surface area (Å²) in [6, 6.07) is 15.6. The number of rotatable bonds is 4. The van der Waals surface area contributed by atoms with Gasteiger partial charge in [0.25, 0.3) is 0 Å². The van der Waals surface area contributed by atoms with Gasteiger partial charge >= 0.3 is 17.1 Å². The number of benzene rings is 2. The van der Waals surface area contributed by atoms with Gasteiger partial charge in [0, 0.05) is 44.9 Å². The Bertz CT molecular complexity index is 2150. The van der Waals surface area contributed by atoms with E-state index in [1.807, 2.05) is 62.4 Å². The van der Waals surface area contributed by atoms with Gasteiger partial charge in [0.05, 0.1) is 23.3 Å². The first kappa shape index (κ1) is 29.3. The molecule has 7 rings (SSSR count). The molecule has 2 aliphatic rings. The molecule has 1 radical (unpaired) electrons. The van der Waals surface area contributed by atoms with Crippen LogP contribution in [0.15, 0.2) is 87.0 Å². The van der Waals surface area contributed by atoms with E-state index < -0.39 is 0 Å². The zero-order valence-corrected chi connectivity index (χ0v) is 24.6. The molecule has 213 valence electrons. The minimum absolute atomic E-state index is 0. The Labute approximate surface area is 259 Å². The van der Waals surface area contributed by atoms with Crippen molar-refractivity contribution in [3.63, 3.8) is 0 Å². The third kappa shape index (κ3) is 4.74. The van der Waals surface area contributed by atoms with E-state index in [0.29, 0.717) is 68.2 Å². The van der Waals surface area contributed by atoms with Gasteiger partial charge in [-0.15, -0.1) is 0 Å². The van der Waals surface area contributed by atoms with Gasteiger partial charge in [0.15, 0.2) is 0 Å². The predicted molar refractivity (Wildman–Crippen MR) is 171 cm³/mol. The van der Waals surface area contributed by atoms with Crippen molar-refractivity contribution in [3.8, 4) is 22.8 Å². The van der Waals surface area contributed by atoms with E-state index >= 15 is 0 Å². The van der Waals surface area contributed by atoms with Crippen molar-refractivity contribution in [2.24, 2.45) is 0 Å². The number of hydrogen-bond acceptors (Lipinski definition) is 6. The number of hydrogen-bond donors (Lipinski definition) is 0. The molecule has 0 N–H and O–H groups in total. The molecule has 0 fully saturated rings. The van der Waals surface area contributed by atoms with Crippen LogP contribution in [0, 0.1) is 0 Å². The molecular weight excluding hydrogens is 584 g/mol. The Morgan fingerprint density at radius 1 is 0.488 bits per heavy atom. The van der Waals surface area contributed by atoms with Crippen molar-refractivity contribution in [2.75, 3.05) is 0 Å². The number of fused-ring (bicyclic) bond motifs is 14. The third-order valence-electron chi connectivity index (χ3n) is 6.87. The average Bonchev–Trinajstić information content (AvgIpc) is 3.75. The summed E-state index contributed by atoms with van der Waals surface area (Å²) in [7, 11) is 0. The molecule has 0 spiro atoms. The largest absolute Gasteiger partial charge is 2.00 e. The summed E-state index contributed by atoms with van der Waals surface area (Å²) in [5.41, 5.74) is 6.26. The average molecular weight is 610 g/mol. The first-order chi connectivity index (χ1) is 20.6. The number of aromatic nitrogens is 8. The molecule has 3 aromatic heterocycles. The minimum atomic E-state index is 0. The van der Waals surface area contributed by atoms with Crippen LogP contribution in [0.1, 0.15) is 36.6 Å². The van der Waals surface area contributed by atoms with E-state index in [1.165, 1.54) is 0 Å². The van der Waals surface area contributed by atoms with Crippen molar-refractivity contribution in [1.82, 2.24) is 39.9 Å². The van der Waals surface area contributed by atoms with Crippen LogP contribution in [-0.2, 0) is 17.1 Å². The summed E-state index contributed by atoms with van der Waals surface area (Å²) >= 11 is 0.